The molecule has 1 N–H and O–H groups in total. The molecule has 0 bridgehead atoms. The first-order valence-electron chi connectivity index (χ1n) is 7.52. The maximum atomic E-state index is 12.0. The van der Waals surface area contributed by atoms with Gasteiger partial charge in [-0.05, 0) is 44.1 Å². The number of hydrogen-bond donors (Lipinski definition) is 1. The van der Waals surface area contributed by atoms with Gasteiger partial charge in [-0.2, -0.15) is 0 Å². The van der Waals surface area contributed by atoms with Crippen LogP contribution in [0.3, 0.4) is 0 Å². The Balaban J connectivity index is 1.31. The minimum Gasteiger partial charge on any atom is -0.339 e. The van der Waals surface area contributed by atoms with Gasteiger partial charge < -0.3 is 10.2 Å². The van der Waals surface area contributed by atoms with Crippen LogP contribution in [0.15, 0.2) is 0 Å². The van der Waals surface area contributed by atoms with Crippen LogP contribution in [-0.4, -0.2) is 61.5 Å². The maximum Gasteiger partial charge on any atom is 0.236 e. The van der Waals surface area contributed by atoms with Crippen LogP contribution in [-0.2, 0) is 4.79 Å². The molecule has 102 valence electrons. The molecule has 0 radical (unpaired) electrons. The van der Waals surface area contributed by atoms with Gasteiger partial charge >= 0.3 is 0 Å². The van der Waals surface area contributed by atoms with Gasteiger partial charge in [0.2, 0.25) is 5.91 Å². The van der Waals surface area contributed by atoms with E-state index in [1.54, 1.807) is 0 Å². The first-order valence-corrected chi connectivity index (χ1v) is 7.52. The summed E-state index contributed by atoms with van der Waals surface area (Å²) in [5.74, 6) is 2.11. The van der Waals surface area contributed by atoms with Gasteiger partial charge in [-0.25, -0.2) is 0 Å². The van der Waals surface area contributed by atoms with Crippen LogP contribution < -0.4 is 5.32 Å². The summed E-state index contributed by atoms with van der Waals surface area (Å²) in [6, 6.07) is 0. The van der Waals surface area contributed by atoms with Crippen molar-refractivity contribution >= 4 is 5.91 Å². The molecule has 3 fully saturated rings. The summed E-state index contributed by atoms with van der Waals surface area (Å²) >= 11 is 0. The standard InChI is InChI=1S/C14H25N3O/c18-14(10-15-9-12-1-2-12)17-7-5-16(6-8-17)11-13-3-4-13/h12-13,15H,1-11H2. The molecule has 0 unspecified atom stereocenters. The largest absolute Gasteiger partial charge is 0.339 e. The Labute approximate surface area is 110 Å². The Hall–Kier alpha value is -0.610. The van der Waals surface area contributed by atoms with E-state index >= 15 is 0 Å². The highest BCUT2D eigenvalue weighted by Crippen LogP contribution is 2.30. The molecule has 1 saturated heterocycles. The number of nitrogens with one attached hydrogen (secondary N) is 1. The predicted octanol–water partition coefficient (Wildman–Crippen LogP) is 0.540. The van der Waals surface area contributed by atoms with Crippen LogP contribution >= 0.6 is 0 Å². The third-order valence-corrected chi connectivity index (χ3v) is 4.34. The highest BCUT2D eigenvalue weighted by Gasteiger charge is 2.27. The lowest BCUT2D eigenvalue weighted by atomic mass is 10.2. The molecular formula is C14H25N3O. The number of carbonyl (C=O) groups is 1. The van der Waals surface area contributed by atoms with E-state index in [1.807, 2.05) is 4.90 Å². The van der Waals surface area contributed by atoms with Crippen LogP contribution in [0.4, 0.5) is 0 Å². The van der Waals surface area contributed by atoms with Crippen molar-refractivity contribution in [3.63, 3.8) is 0 Å². The third-order valence-electron chi connectivity index (χ3n) is 4.34. The van der Waals surface area contributed by atoms with Crippen molar-refractivity contribution in [3.05, 3.63) is 0 Å². The summed E-state index contributed by atoms with van der Waals surface area (Å²) in [4.78, 5) is 16.5. The average molecular weight is 251 g/mol. The molecule has 1 amide bonds. The van der Waals surface area contributed by atoms with Gasteiger partial charge in [0.25, 0.3) is 0 Å². The van der Waals surface area contributed by atoms with E-state index < -0.39 is 0 Å². The van der Waals surface area contributed by atoms with E-state index in [9.17, 15) is 4.79 Å². The lowest BCUT2D eigenvalue weighted by molar-refractivity contribution is -0.132. The van der Waals surface area contributed by atoms with Crippen molar-refractivity contribution in [2.24, 2.45) is 11.8 Å². The fourth-order valence-electron chi connectivity index (χ4n) is 2.66. The quantitative estimate of drug-likeness (QED) is 0.748. The molecule has 0 aromatic carbocycles. The van der Waals surface area contributed by atoms with E-state index in [0.717, 1.165) is 44.6 Å². The maximum absolute atomic E-state index is 12.0. The second-order valence-electron chi connectivity index (χ2n) is 6.20. The number of carbonyl (C=O) groups excluding carboxylic acids is 1. The van der Waals surface area contributed by atoms with Gasteiger partial charge in [-0.3, -0.25) is 9.69 Å². The highest BCUT2D eigenvalue weighted by atomic mass is 16.2. The van der Waals surface area contributed by atoms with Crippen LogP contribution in [0.1, 0.15) is 25.7 Å². The fraction of sp³-hybridized carbons (Fsp3) is 0.929. The SMILES string of the molecule is O=C(CNCC1CC1)N1CCN(CC2CC2)CC1. The molecule has 18 heavy (non-hydrogen) atoms. The van der Waals surface area contributed by atoms with Gasteiger partial charge in [0, 0.05) is 32.7 Å². The predicted molar refractivity (Wildman–Crippen MR) is 71.3 cm³/mol. The van der Waals surface area contributed by atoms with Crippen molar-refractivity contribution < 1.29 is 4.79 Å². The topological polar surface area (TPSA) is 35.6 Å². The smallest absolute Gasteiger partial charge is 0.236 e. The lowest BCUT2D eigenvalue weighted by Gasteiger charge is -2.34. The normalized spacial score (nSPS) is 25.4. The Bertz CT molecular complexity index is 291. The van der Waals surface area contributed by atoms with E-state index in [2.05, 4.69) is 10.2 Å². The molecule has 2 saturated carbocycles. The van der Waals surface area contributed by atoms with Crippen LogP contribution in [0.25, 0.3) is 0 Å². The minimum atomic E-state index is 0.293. The molecular weight excluding hydrogens is 226 g/mol. The number of rotatable bonds is 6. The first kappa shape index (κ1) is 12.4. The fourth-order valence-corrected chi connectivity index (χ4v) is 2.66. The Morgan fingerprint density at radius 1 is 1.00 bits per heavy atom. The highest BCUT2D eigenvalue weighted by molar-refractivity contribution is 5.78. The third kappa shape index (κ3) is 3.69. The molecule has 1 heterocycles. The Morgan fingerprint density at radius 2 is 1.67 bits per heavy atom. The summed E-state index contributed by atoms with van der Waals surface area (Å²) < 4.78 is 0. The van der Waals surface area contributed by atoms with Crippen molar-refractivity contribution in [2.45, 2.75) is 25.7 Å². The summed E-state index contributed by atoms with van der Waals surface area (Å²) in [6.45, 7) is 6.84. The number of hydrogen-bond acceptors (Lipinski definition) is 3. The molecule has 0 aromatic rings. The van der Waals surface area contributed by atoms with Gasteiger partial charge in [-0.1, -0.05) is 0 Å². The second kappa shape index (κ2) is 5.57. The molecule has 1 aliphatic heterocycles. The zero-order valence-electron chi connectivity index (χ0n) is 11.2. The Kier molecular flexibility index (Phi) is 3.85. The zero-order chi connectivity index (χ0) is 12.4. The summed E-state index contributed by atoms with van der Waals surface area (Å²) in [5, 5.41) is 3.29. The molecule has 4 heteroatoms. The monoisotopic (exact) mass is 251 g/mol. The molecule has 0 aromatic heterocycles. The molecule has 4 nitrogen and oxygen atoms in total. The zero-order valence-corrected chi connectivity index (χ0v) is 11.2. The van der Waals surface area contributed by atoms with Crippen LogP contribution in [0, 0.1) is 11.8 Å². The summed E-state index contributed by atoms with van der Waals surface area (Å²) in [6.07, 6.45) is 5.54. The van der Waals surface area contributed by atoms with E-state index in [-0.39, 0.29) is 0 Å². The van der Waals surface area contributed by atoms with E-state index in [0.29, 0.717) is 12.5 Å². The molecule has 3 aliphatic rings. The van der Waals surface area contributed by atoms with Crippen LogP contribution in [0.5, 0.6) is 0 Å². The second-order valence-corrected chi connectivity index (χ2v) is 6.20. The number of amides is 1. The average Bonchev–Trinajstić information content (AvgIpc) is 3.24. The molecule has 3 rings (SSSR count). The van der Waals surface area contributed by atoms with E-state index in [1.165, 1.54) is 32.2 Å². The minimum absolute atomic E-state index is 0.293. The van der Waals surface area contributed by atoms with Crippen molar-refractivity contribution in [1.29, 1.82) is 0 Å². The molecule has 2 aliphatic carbocycles. The van der Waals surface area contributed by atoms with Crippen molar-refractivity contribution in [2.75, 3.05) is 45.8 Å². The first-order chi connectivity index (χ1) is 8.81. The van der Waals surface area contributed by atoms with Gasteiger partial charge in [0.15, 0.2) is 0 Å². The van der Waals surface area contributed by atoms with Crippen molar-refractivity contribution in [3.8, 4) is 0 Å². The van der Waals surface area contributed by atoms with Gasteiger partial charge in [0.1, 0.15) is 0 Å². The van der Waals surface area contributed by atoms with Gasteiger partial charge in [-0.15, -0.1) is 0 Å². The lowest BCUT2D eigenvalue weighted by Crippen LogP contribution is -2.51. The number of nitrogens with zero attached hydrogens (tertiary/aromatic N) is 2. The summed E-state index contributed by atoms with van der Waals surface area (Å²) in [7, 11) is 0. The van der Waals surface area contributed by atoms with Crippen LogP contribution in [0.2, 0.25) is 0 Å². The van der Waals surface area contributed by atoms with Gasteiger partial charge in [0.05, 0.1) is 6.54 Å². The number of piperazine rings is 1. The molecule has 0 atom stereocenters. The Morgan fingerprint density at radius 3 is 2.28 bits per heavy atom. The summed E-state index contributed by atoms with van der Waals surface area (Å²) in [5.41, 5.74) is 0. The van der Waals surface area contributed by atoms with Crippen molar-refractivity contribution in [1.82, 2.24) is 15.1 Å². The van der Waals surface area contributed by atoms with E-state index in [4.69, 9.17) is 0 Å². The molecule has 0 spiro atoms.